The van der Waals surface area contributed by atoms with Crippen LogP contribution in [0.5, 0.6) is 0 Å². The molecule has 27 heavy (non-hydrogen) atoms. The molecule has 1 saturated heterocycles. The summed E-state index contributed by atoms with van der Waals surface area (Å²) in [4.78, 5) is 6.92. The van der Waals surface area contributed by atoms with Gasteiger partial charge in [0.1, 0.15) is 0 Å². The lowest BCUT2D eigenvalue weighted by molar-refractivity contribution is 0.328. The van der Waals surface area contributed by atoms with Crippen molar-refractivity contribution in [1.82, 2.24) is 15.5 Å². The molecule has 0 bridgehead atoms. The smallest absolute Gasteiger partial charge is 0.191 e. The highest BCUT2D eigenvalue weighted by Gasteiger charge is 2.22. The molecule has 3 rings (SSSR count). The maximum atomic E-state index is 4.34. The molecule has 0 aromatic heterocycles. The van der Waals surface area contributed by atoms with Crippen LogP contribution in [0.15, 0.2) is 65.7 Å². The van der Waals surface area contributed by atoms with Crippen molar-refractivity contribution in [2.75, 3.05) is 33.2 Å². The van der Waals surface area contributed by atoms with E-state index >= 15 is 0 Å². The van der Waals surface area contributed by atoms with Crippen LogP contribution < -0.4 is 10.6 Å². The zero-order valence-electron chi connectivity index (χ0n) is 16.1. The van der Waals surface area contributed by atoms with Crippen LogP contribution in [0.3, 0.4) is 0 Å². The van der Waals surface area contributed by atoms with Gasteiger partial charge < -0.3 is 15.5 Å². The van der Waals surface area contributed by atoms with E-state index in [2.05, 4.69) is 75.1 Å². The van der Waals surface area contributed by atoms with Crippen LogP contribution in [0.2, 0.25) is 0 Å². The zero-order chi connectivity index (χ0) is 18.0. The number of benzene rings is 2. The van der Waals surface area contributed by atoms with Crippen LogP contribution >= 0.6 is 24.0 Å². The zero-order valence-corrected chi connectivity index (χ0v) is 18.4. The van der Waals surface area contributed by atoms with E-state index in [4.69, 9.17) is 0 Å². The first kappa shape index (κ1) is 21.7. The second kappa shape index (κ2) is 12.0. The van der Waals surface area contributed by atoms with Gasteiger partial charge in [-0.05, 0) is 36.4 Å². The van der Waals surface area contributed by atoms with Crippen molar-refractivity contribution in [3.63, 3.8) is 0 Å². The summed E-state index contributed by atoms with van der Waals surface area (Å²) in [5.74, 6) is 1.58. The SMILES string of the molecule is CN=C(NCc1ccccc1)NCC1CCN(CCc2ccccc2)C1.I. The van der Waals surface area contributed by atoms with Crippen molar-refractivity contribution in [3.05, 3.63) is 71.8 Å². The molecule has 1 atom stereocenters. The summed E-state index contributed by atoms with van der Waals surface area (Å²) in [7, 11) is 1.83. The Kier molecular flexibility index (Phi) is 9.62. The maximum absolute atomic E-state index is 4.34. The predicted molar refractivity (Wildman–Crippen MR) is 125 cm³/mol. The Balaban J connectivity index is 0.00000261. The van der Waals surface area contributed by atoms with Crippen LogP contribution in [-0.4, -0.2) is 44.1 Å². The van der Waals surface area contributed by atoms with E-state index in [1.54, 1.807) is 0 Å². The largest absolute Gasteiger partial charge is 0.356 e. The fraction of sp³-hybridized carbons (Fsp3) is 0.409. The Morgan fingerprint density at radius 3 is 2.33 bits per heavy atom. The van der Waals surface area contributed by atoms with E-state index in [9.17, 15) is 0 Å². The van der Waals surface area contributed by atoms with Gasteiger partial charge in [-0.1, -0.05) is 60.7 Å². The van der Waals surface area contributed by atoms with Crippen molar-refractivity contribution in [2.24, 2.45) is 10.9 Å². The molecule has 0 spiro atoms. The van der Waals surface area contributed by atoms with Crippen LogP contribution in [0, 0.1) is 5.92 Å². The quantitative estimate of drug-likeness (QED) is 0.364. The van der Waals surface area contributed by atoms with Gasteiger partial charge in [-0.25, -0.2) is 0 Å². The van der Waals surface area contributed by atoms with E-state index in [1.165, 1.54) is 30.6 Å². The number of halogens is 1. The average molecular weight is 478 g/mol. The number of guanidine groups is 1. The van der Waals surface area contributed by atoms with Crippen molar-refractivity contribution in [3.8, 4) is 0 Å². The third-order valence-electron chi connectivity index (χ3n) is 5.01. The van der Waals surface area contributed by atoms with Gasteiger partial charge in [-0.2, -0.15) is 0 Å². The molecule has 1 fully saturated rings. The minimum Gasteiger partial charge on any atom is -0.356 e. The lowest BCUT2D eigenvalue weighted by atomic mass is 10.1. The second-order valence-corrected chi connectivity index (χ2v) is 6.98. The molecule has 1 heterocycles. The molecule has 0 amide bonds. The highest BCUT2D eigenvalue weighted by molar-refractivity contribution is 14.0. The predicted octanol–water partition coefficient (Wildman–Crippen LogP) is 3.53. The van der Waals surface area contributed by atoms with Crippen LogP contribution in [0.1, 0.15) is 17.5 Å². The Labute approximate surface area is 180 Å². The number of likely N-dealkylation sites (tertiary alicyclic amines) is 1. The standard InChI is InChI=1S/C22H30N4.HI/c1-23-22(24-16-20-10-6-3-7-11-20)25-17-21-13-15-26(18-21)14-12-19-8-4-2-5-9-19;/h2-11,21H,12-18H2,1H3,(H2,23,24,25);1H. The van der Waals surface area contributed by atoms with Crippen LogP contribution in [0.4, 0.5) is 0 Å². The highest BCUT2D eigenvalue weighted by atomic mass is 127. The minimum atomic E-state index is 0. The third-order valence-corrected chi connectivity index (χ3v) is 5.01. The second-order valence-electron chi connectivity index (χ2n) is 6.98. The first-order chi connectivity index (χ1) is 12.8. The van der Waals surface area contributed by atoms with Crippen molar-refractivity contribution in [2.45, 2.75) is 19.4 Å². The van der Waals surface area contributed by atoms with Crippen molar-refractivity contribution < 1.29 is 0 Å². The van der Waals surface area contributed by atoms with Gasteiger partial charge in [0.15, 0.2) is 5.96 Å². The number of nitrogens with zero attached hydrogens (tertiary/aromatic N) is 2. The van der Waals surface area contributed by atoms with Gasteiger partial charge in [-0.3, -0.25) is 4.99 Å². The number of nitrogens with one attached hydrogen (secondary N) is 2. The first-order valence-electron chi connectivity index (χ1n) is 9.58. The summed E-state index contributed by atoms with van der Waals surface area (Å²) < 4.78 is 0. The molecule has 0 saturated carbocycles. The molecule has 4 nitrogen and oxygen atoms in total. The van der Waals surface area contributed by atoms with E-state index in [1.807, 2.05) is 13.1 Å². The Morgan fingerprint density at radius 2 is 1.67 bits per heavy atom. The normalized spacial score (nSPS) is 17.4. The average Bonchev–Trinajstić information content (AvgIpc) is 3.16. The van der Waals surface area contributed by atoms with Crippen LogP contribution in [-0.2, 0) is 13.0 Å². The molecule has 5 heteroatoms. The Morgan fingerprint density at radius 1 is 1.00 bits per heavy atom. The van der Waals surface area contributed by atoms with Gasteiger partial charge in [0.25, 0.3) is 0 Å². The van der Waals surface area contributed by atoms with E-state index < -0.39 is 0 Å². The molecule has 1 aliphatic heterocycles. The molecule has 2 aromatic rings. The van der Waals surface area contributed by atoms with E-state index in [-0.39, 0.29) is 24.0 Å². The van der Waals surface area contributed by atoms with Gasteiger partial charge in [0, 0.05) is 33.2 Å². The summed E-state index contributed by atoms with van der Waals surface area (Å²) in [6.45, 7) is 5.32. The molecule has 1 unspecified atom stereocenters. The van der Waals surface area contributed by atoms with Gasteiger partial charge in [0.05, 0.1) is 0 Å². The molecular weight excluding hydrogens is 447 g/mol. The number of hydrogen-bond donors (Lipinski definition) is 2. The molecular formula is C22H31IN4. The van der Waals surface area contributed by atoms with Crippen molar-refractivity contribution in [1.29, 1.82) is 0 Å². The van der Waals surface area contributed by atoms with Gasteiger partial charge in [0.2, 0.25) is 0 Å². The van der Waals surface area contributed by atoms with Crippen LogP contribution in [0.25, 0.3) is 0 Å². The topological polar surface area (TPSA) is 39.7 Å². The lowest BCUT2D eigenvalue weighted by Gasteiger charge is -2.17. The number of hydrogen-bond acceptors (Lipinski definition) is 2. The van der Waals surface area contributed by atoms with E-state index in [0.29, 0.717) is 5.92 Å². The summed E-state index contributed by atoms with van der Waals surface area (Å²) in [6.07, 6.45) is 2.40. The summed E-state index contributed by atoms with van der Waals surface area (Å²) in [5.41, 5.74) is 2.70. The Hall–Kier alpha value is -1.60. The van der Waals surface area contributed by atoms with Gasteiger partial charge in [-0.15, -0.1) is 24.0 Å². The molecule has 2 N–H and O–H groups in total. The van der Waals surface area contributed by atoms with Gasteiger partial charge >= 0.3 is 0 Å². The summed E-state index contributed by atoms with van der Waals surface area (Å²) in [6, 6.07) is 21.2. The fourth-order valence-corrected chi connectivity index (χ4v) is 3.46. The number of aliphatic imine (C=N–C) groups is 1. The third kappa shape index (κ3) is 7.50. The Bertz CT molecular complexity index is 675. The summed E-state index contributed by atoms with van der Waals surface area (Å²) in [5, 5.41) is 6.88. The minimum absolute atomic E-state index is 0. The first-order valence-corrected chi connectivity index (χ1v) is 9.58. The lowest BCUT2D eigenvalue weighted by Crippen LogP contribution is -2.40. The molecule has 2 aromatic carbocycles. The summed E-state index contributed by atoms with van der Waals surface area (Å²) >= 11 is 0. The molecule has 0 radical (unpaired) electrons. The molecule has 1 aliphatic rings. The van der Waals surface area contributed by atoms with Crippen molar-refractivity contribution >= 4 is 29.9 Å². The molecule has 0 aliphatic carbocycles. The fourth-order valence-electron chi connectivity index (χ4n) is 3.46. The monoisotopic (exact) mass is 478 g/mol. The number of rotatable bonds is 7. The maximum Gasteiger partial charge on any atom is 0.191 e. The molecule has 146 valence electrons. The van der Waals surface area contributed by atoms with E-state index in [0.717, 1.165) is 32.0 Å². The highest BCUT2D eigenvalue weighted by Crippen LogP contribution is 2.16.